The van der Waals surface area contributed by atoms with Crippen LogP contribution in [0.5, 0.6) is 0 Å². The van der Waals surface area contributed by atoms with Gasteiger partial charge in [-0.2, -0.15) is 0 Å². The lowest BCUT2D eigenvalue weighted by Crippen LogP contribution is -2.47. The normalized spacial score (nSPS) is 16.6. The first-order valence-electron chi connectivity index (χ1n) is 9.40. The number of amides is 2. The fourth-order valence-corrected chi connectivity index (χ4v) is 5.23. The number of hydrogen-bond acceptors (Lipinski definition) is 5. The highest BCUT2D eigenvalue weighted by molar-refractivity contribution is 7.10. The van der Waals surface area contributed by atoms with E-state index in [-0.39, 0.29) is 37.0 Å². The molecule has 0 radical (unpaired) electrons. The molecule has 0 aliphatic carbocycles. The van der Waals surface area contributed by atoms with Gasteiger partial charge in [-0.3, -0.25) is 14.5 Å². The van der Waals surface area contributed by atoms with Crippen molar-refractivity contribution in [3.8, 4) is 0 Å². The first kappa shape index (κ1) is 20.0. The molecule has 2 aromatic heterocycles. The minimum absolute atomic E-state index is 0.00398. The van der Waals surface area contributed by atoms with Crippen molar-refractivity contribution in [3.63, 3.8) is 0 Å². The average molecular weight is 406 g/mol. The molecule has 0 saturated heterocycles. The molecule has 0 spiro atoms. The lowest BCUT2D eigenvalue weighted by molar-refractivity contribution is -0.135. The molecular formula is C20H27N3O2S2. The van der Waals surface area contributed by atoms with Crippen molar-refractivity contribution in [3.05, 3.63) is 44.3 Å². The molecule has 0 unspecified atom stereocenters. The molecule has 0 saturated carbocycles. The van der Waals surface area contributed by atoms with Crippen LogP contribution in [0.2, 0.25) is 0 Å². The van der Waals surface area contributed by atoms with E-state index in [4.69, 9.17) is 0 Å². The summed E-state index contributed by atoms with van der Waals surface area (Å²) >= 11 is 3.47. The standard InChI is InChI=1S/C20H27N3O2S2/c1-4-22(12-18(24)21-14(2)3)13-19(25)23-9-7-16-15(8-11-27-16)20(23)17-6-5-10-26-17/h5-6,8,10-11,14,20H,4,7,9,12-13H2,1-3H3,(H,21,24)/t20-/m0/s1. The Bertz CT molecular complexity index is 770. The summed E-state index contributed by atoms with van der Waals surface area (Å²) in [5.74, 6) is 0.0534. The number of hydrogen-bond donors (Lipinski definition) is 1. The molecule has 146 valence electrons. The van der Waals surface area contributed by atoms with Crippen molar-refractivity contribution in [1.82, 2.24) is 15.1 Å². The number of nitrogens with zero attached hydrogens (tertiary/aromatic N) is 2. The molecule has 5 nitrogen and oxygen atoms in total. The lowest BCUT2D eigenvalue weighted by Gasteiger charge is -2.36. The maximum atomic E-state index is 13.2. The first-order chi connectivity index (χ1) is 13.0. The molecule has 2 amide bonds. The molecule has 27 heavy (non-hydrogen) atoms. The highest BCUT2D eigenvalue weighted by atomic mass is 32.1. The van der Waals surface area contributed by atoms with E-state index in [0.29, 0.717) is 6.54 Å². The van der Waals surface area contributed by atoms with Gasteiger partial charge >= 0.3 is 0 Å². The van der Waals surface area contributed by atoms with Crippen LogP contribution < -0.4 is 5.32 Å². The topological polar surface area (TPSA) is 52.7 Å². The predicted molar refractivity (Wildman–Crippen MR) is 111 cm³/mol. The quantitative estimate of drug-likeness (QED) is 0.770. The minimum atomic E-state index is -0.0341. The number of carbonyl (C=O) groups is 2. The third-order valence-electron chi connectivity index (χ3n) is 4.72. The largest absolute Gasteiger partial charge is 0.353 e. The molecule has 0 aromatic carbocycles. The molecule has 0 bridgehead atoms. The predicted octanol–water partition coefficient (Wildman–Crippen LogP) is 3.13. The second-order valence-corrected chi connectivity index (χ2v) is 9.06. The Labute approximate surface area is 169 Å². The van der Waals surface area contributed by atoms with E-state index in [1.165, 1.54) is 15.3 Å². The number of nitrogens with one attached hydrogen (secondary N) is 1. The second-order valence-electron chi connectivity index (χ2n) is 7.08. The summed E-state index contributed by atoms with van der Waals surface area (Å²) < 4.78 is 0. The van der Waals surface area contributed by atoms with E-state index in [9.17, 15) is 9.59 Å². The number of carbonyl (C=O) groups excluding carboxylic acids is 2. The second kappa shape index (κ2) is 8.99. The van der Waals surface area contributed by atoms with Gasteiger partial charge < -0.3 is 10.2 Å². The number of rotatable bonds is 7. The average Bonchev–Trinajstić information content (AvgIpc) is 3.30. The Balaban J connectivity index is 1.74. The van der Waals surface area contributed by atoms with Crippen molar-refractivity contribution >= 4 is 34.5 Å². The van der Waals surface area contributed by atoms with Gasteiger partial charge in [0.15, 0.2) is 0 Å². The van der Waals surface area contributed by atoms with Crippen LogP contribution in [-0.4, -0.2) is 53.8 Å². The van der Waals surface area contributed by atoms with Gasteiger partial charge in [0.2, 0.25) is 11.8 Å². The molecule has 1 atom stereocenters. The summed E-state index contributed by atoms with van der Waals surface area (Å²) in [6, 6.07) is 6.40. The van der Waals surface area contributed by atoms with Crippen molar-refractivity contribution < 1.29 is 9.59 Å². The molecular weight excluding hydrogens is 378 g/mol. The zero-order valence-corrected chi connectivity index (χ0v) is 17.7. The maximum absolute atomic E-state index is 13.2. The maximum Gasteiger partial charge on any atom is 0.237 e. The highest BCUT2D eigenvalue weighted by Gasteiger charge is 2.33. The zero-order chi connectivity index (χ0) is 19.4. The Morgan fingerprint density at radius 1 is 1.26 bits per heavy atom. The molecule has 3 rings (SSSR count). The van der Waals surface area contributed by atoms with Crippen LogP contribution in [0.15, 0.2) is 29.0 Å². The van der Waals surface area contributed by atoms with Crippen LogP contribution in [-0.2, 0) is 16.0 Å². The summed E-state index contributed by atoms with van der Waals surface area (Å²) in [6.45, 7) is 7.78. The zero-order valence-electron chi connectivity index (χ0n) is 16.1. The summed E-state index contributed by atoms with van der Waals surface area (Å²) in [6.07, 6.45) is 0.903. The van der Waals surface area contributed by atoms with E-state index in [1.807, 2.05) is 36.6 Å². The monoisotopic (exact) mass is 405 g/mol. The smallest absolute Gasteiger partial charge is 0.237 e. The van der Waals surface area contributed by atoms with Crippen LogP contribution in [0.3, 0.4) is 0 Å². The summed E-state index contributed by atoms with van der Waals surface area (Å²) in [4.78, 5) is 31.7. The van der Waals surface area contributed by atoms with Crippen LogP contribution in [0.1, 0.15) is 42.1 Å². The summed E-state index contributed by atoms with van der Waals surface area (Å²) in [5.41, 5.74) is 1.25. The van der Waals surface area contributed by atoms with Gasteiger partial charge in [0.05, 0.1) is 19.1 Å². The lowest BCUT2D eigenvalue weighted by atomic mass is 9.98. The van der Waals surface area contributed by atoms with Gasteiger partial charge in [0.25, 0.3) is 0 Å². The van der Waals surface area contributed by atoms with Crippen LogP contribution in [0.25, 0.3) is 0 Å². The fourth-order valence-electron chi connectivity index (χ4n) is 3.47. The van der Waals surface area contributed by atoms with E-state index in [2.05, 4.69) is 28.2 Å². The van der Waals surface area contributed by atoms with Crippen LogP contribution >= 0.6 is 22.7 Å². The molecule has 1 N–H and O–H groups in total. The van der Waals surface area contributed by atoms with Crippen LogP contribution in [0.4, 0.5) is 0 Å². The minimum Gasteiger partial charge on any atom is -0.353 e. The Kier molecular flexibility index (Phi) is 6.68. The van der Waals surface area contributed by atoms with Gasteiger partial charge in [-0.25, -0.2) is 0 Å². The summed E-state index contributed by atoms with van der Waals surface area (Å²) in [5, 5.41) is 7.08. The Morgan fingerprint density at radius 3 is 2.74 bits per heavy atom. The van der Waals surface area contributed by atoms with Gasteiger partial charge in [-0.05, 0) is 55.3 Å². The molecule has 7 heteroatoms. The molecule has 1 aliphatic rings. The van der Waals surface area contributed by atoms with Crippen molar-refractivity contribution in [1.29, 1.82) is 0 Å². The number of thiophene rings is 2. The first-order valence-corrected chi connectivity index (χ1v) is 11.2. The van der Waals surface area contributed by atoms with Gasteiger partial charge in [-0.15, -0.1) is 22.7 Å². The molecule has 2 aromatic rings. The van der Waals surface area contributed by atoms with Gasteiger partial charge in [0.1, 0.15) is 0 Å². The third kappa shape index (κ3) is 4.78. The van der Waals surface area contributed by atoms with Crippen molar-refractivity contribution in [2.24, 2.45) is 0 Å². The highest BCUT2D eigenvalue weighted by Crippen LogP contribution is 2.39. The SMILES string of the molecule is CCN(CC(=O)NC(C)C)CC(=O)N1CCc2sccc2[C@H]1c1cccs1. The Morgan fingerprint density at radius 2 is 2.07 bits per heavy atom. The van der Waals surface area contributed by atoms with E-state index in [0.717, 1.165) is 13.0 Å². The fraction of sp³-hybridized carbons (Fsp3) is 0.500. The molecule has 0 fully saturated rings. The third-order valence-corrected chi connectivity index (χ3v) is 6.64. The van der Waals surface area contributed by atoms with Gasteiger partial charge in [0, 0.05) is 22.3 Å². The summed E-state index contributed by atoms with van der Waals surface area (Å²) in [7, 11) is 0. The number of fused-ring (bicyclic) bond motifs is 1. The van der Waals surface area contributed by atoms with Crippen LogP contribution in [0, 0.1) is 0 Å². The van der Waals surface area contributed by atoms with E-state index in [1.54, 1.807) is 22.7 Å². The molecule has 3 heterocycles. The van der Waals surface area contributed by atoms with Crippen molar-refractivity contribution in [2.45, 2.75) is 39.3 Å². The van der Waals surface area contributed by atoms with Gasteiger partial charge in [-0.1, -0.05) is 13.0 Å². The van der Waals surface area contributed by atoms with E-state index < -0.39 is 0 Å². The van der Waals surface area contributed by atoms with Crippen molar-refractivity contribution in [2.75, 3.05) is 26.2 Å². The van der Waals surface area contributed by atoms with E-state index >= 15 is 0 Å². The Hall–Kier alpha value is -1.70. The molecule has 1 aliphatic heterocycles. The number of likely N-dealkylation sites (N-methyl/N-ethyl adjacent to an activating group) is 1.